The van der Waals surface area contributed by atoms with Crippen molar-refractivity contribution in [2.75, 3.05) is 6.54 Å². The molecule has 21 heavy (non-hydrogen) atoms. The quantitative estimate of drug-likeness (QED) is 0.896. The summed E-state index contributed by atoms with van der Waals surface area (Å²) in [6.45, 7) is 3.93. The van der Waals surface area contributed by atoms with Gasteiger partial charge < -0.3 is 9.88 Å². The molecule has 1 aliphatic heterocycles. The summed E-state index contributed by atoms with van der Waals surface area (Å²) in [5, 5.41) is 4.42. The highest BCUT2D eigenvalue weighted by Gasteiger charge is 2.18. The smallest absolute Gasteiger partial charge is 0.219 e. The highest BCUT2D eigenvalue weighted by atomic mass is 16.1. The summed E-state index contributed by atoms with van der Waals surface area (Å²) in [6, 6.07) is 8.69. The van der Waals surface area contributed by atoms with Crippen LogP contribution in [0.1, 0.15) is 43.9 Å². The summed E-state index contributed by atoms with van der Waals surface area (Å²) in [6.07, 6.45) is 6.22. The van der Waals surface area contributed by atoms with E-state index < -0.39 is 0 Å². The van der Waals surface area contributed by atoms with Gasteiger partial charge in [0.1, 0.15) is 0 Å². The molecule has 0 saturated heterocycles. The lowest BCUT2D eigenvalue weighted by molar-refractivity contribution is -0.121. The van der Waals surface area contributed by atoms with Crippen molar-refractivity contribution in [2.45, 2.75) is 52.0 Å². The first kappa shape index (κ1) is 14.2. The van der Waals surface area contributed by atoms with E-state index in [9.17, 15) is 4.79 Å². The molecule has 0 fully saturated rings. The van der Waals surface area contributed by atoms with E-state index in [1.807, 2.05) is 6.92 Å². The average Bonchev–Trinajstić information content (AvgIpc) is 2.83. The molecule has 0 saturated carbocycles. The Hall–Kier alpha value is -1.77. The highest BCUT2D eigenvalue weighted by molar-refractivity contribution is 5.86. The second kappa shape index (κ2) is 6.33. The summed E-state index contributed by atoms with van der Waals surface area (Å²) in [5.41, 5.74) is 4.30. The number of para-hydroxylation sites is 1. The lowest BCUT2D eigenvalue weighted by Gasteiger charge is -2.17. The zero-order valence-corrected chi connectivity index (χ0v) is 12.8. The van der Waals surface area contributed by atoms with E-state index in [-0.39, 0.29) is 5.91 Å². The first-order chi connectivity index (χ1) is 10.3. The van der Waals surface area contributed by atoms with Gasteiger partial charge in [-0.15, -0.1) is 0 Å². The van der Waals surface area contributed by atoms with Crippen LogP contribution in [-0.4, -0.2) is 17.0 Å². The van der Waals surface area contributed by atoms with Crippen molar-refractivity contribution in [3.8, 4) is 0 Å². The van der Waals surface area contributed by atoms with Crippen molar-refractivity contribution in [1.82, 2.24) is 9.88 Å². The zero-order chi connectivity index (χ0) is 14.7. The monoisotopic (exact) mass is 284 g/mol. The number of carbonyl (C=O) groups excluding carboxylic acids is 1. The Morgan fingerprint density at radius 1 is 1.29 bits per heavy atom. The molecule has 2 aromatic rings. The molecular weight excluding hydrogens is 260 g/mol. The fourth-order valence-corrected chi connectivity index (χ4v) is 3.45. The molecule has 0 aliphatic carbocycles. The third kappa shape index (κ3) is 2.82. The molecule has 1 aromatic carbocycles. The molecule has 0 spiro atoms. The number of amides is 1. The van der Waals surface area contributed by atoms with Crippen molar-refractivity contribution in [3.63, 3.8) is 0 Å². The maximum atomic E-state index is 11.6. The van der Waals surface area contributed by atoms with E-state index in [0.29, 0.717) is 6.42 Å². The highest BCUT2D eigenvalue weighted by Crippen LogP contribution is 2.30. The maximum absolute atomic E-state index is 11.6. The average molecular weight is 284 g/mol. The molecule has 1 aliphatic rings. The third-order valence-corrected chi connectivity index (χ3v) is 4.41. The van der Waals surface area contributed by atoms with Crippen molar-refractivity contribution < 1.29 is 4.79 Å². The number of aromatic nitrogens is 1. The minimum absolute atomic E-state index is 0.176. The first-order valence-electron chi connectivity index (χ1n) is 8.17. The number of rotatable bonds is 5. The molecule has 1 aromatic heterocycles. The van der Waals surface area contributed by atoms with Crippen molar-refractivity contribution in [3.05, 3.63) is 35.5 Å². The molecule has 1 amide bonds. The lowest BCUT2D eigenvalue weighted by atomic mass is 10.0. The predicted octanol–water partition coefficient (Wildman–Crippen LogP) is 3.44. The summed E-state index contributed by atoms with van der Waals surface area (Å²) in [7, 11) is 0. The van der Waals surface area contributed by atoms with Crippen LogP contribution in [0.5, 0.6) is 0 Å². The van der Waals surface area contributed by atoms with E-state index in [0.717, 1.165) is 25.9 Å². The van der Waals surface area contributed by atoms with Crippen molar-refractivity contribution >= 4 is 16.8 Å². The molecule has 0 bridgehead atoms. The number of nitrogens with zero attached hydrogens (tertiary/aromatic N) is 1. The molecule has 2 heterocycles. The Morgan fingerprint density at radius 3 is 3.00 bits per heavy atom. The Morgan fingerprint density at radius 2 is 2.14 bits per heavy atom. The van der Waals surface area contributed by atoms with Crippen LogP contribution >= 0.6 is 0 Å². The number of hydrogen-bond acceptors (Lipinski definition) is 1. The van der Waals surface area contributed by atoms with Gasteiger partial charge in [0.15, 0.2) is 0 Å². The Labute approximate surface area is 126 Å². The Kier molecular flexibility index (Phi) is 4.28. The van der Waals surface area contributed by atoms with Crippen LogP contribution in [0.2, 0.25) is 0 Å². The number of aryl methyl sites for hydroxylation is 1. The summed E-state index contributed by atoms with van der Waals surface area (Å²) >= 11 is 0. The molecule has 0 radical (unpaired) electrons. The van der Waals surface area contributed by atoms with Crippen LogP contribution in [0.25, 0.3) is 10.9 Å². The number of hydrogen-bond donors (Lipinski definition) is 1. The number of carbonyl (C=O) groups is 1. The molecule has 3 heteroatoms. The number of nitrogens with one attached hydrogen (secondary N) is 1. The molecular formula is C18H24N2O. The Bertz CT molecular complexity index is 642. The molecule has 0 atom stereocenters. The van der Waals surface area contributed by atoms with Gasteiger partial charge in [-0.25, -0.2) is 0 Å². The normalized spacial score (nSPS) is 14.1. The number of fused-ring (bicyclic) bond motifs is 3. The topological polar surface area (TPSA) is 34.0 Å². The molecule has 112 valence electrons. The van der Waals surface area contributed by atoms with Crippen molar-refractivity contribution in [1.29, 1.82) is 0 Å². The van der Waals surface area contributed by atoms with Gasteiger partial charge in [-0.3, -0.25) is 4.79 Å². The largest absolute Gasteiger partial charge is 0.356 e. The van der Waals surface area contributed by atoms with E-state index in [1.165, 1.54) is 41.4 Å². The van der Waals surface area contributed by atoms with E-state index in [1.54, 1.807) is 0 Å². The van der Waals surface area contributed by atoms with Crippen LogP contribution in [-0.2, 0) is 24.2 Å². The second-order valence-electron chi connectivity index (χ2n) is 5.90. The summed E-state index contributed by atoms with van der Waals surface area (Å²) < 4.78 is 2.49. The number of benzene rings is 1. The molecule has 3 rings (SSSR count). The van der Waals surface area contributed by atoms with Gasteiger partial charge in [0.25, 0.3) is 0 Å². The summed E-state index contributed by atoms with van der Waals surface area (Å²) in [4.78, 5) is 11.6. The van der Waals surface area contributed by atoms with Crippen molar-refractivity contribution in [2.24, 2.45) is 0 Å². The second-order valence-corrected chi connectivity index (χ2v) is 5.90. The molecule has 1 N–H and O–H groups in total. The van der Waals surface area contributed by atoms with Crippen LogP contribution < -0.4 is 5.32 Å². The van der Waals surface area contributed by atoms with E-state index >= 15 is 0 Å². The standard InChI is InChI=1S/C18H24N2O/c1-2-7-18(21)19-12-11-15-14-8-3-4-9-16(14)20-13-6-5-10-17(15)20/h3-4,8-9H,2,5-7,10-13H2,1H3,(H,19,21). The van der Waals surface area contributed by atoms with Crippen LogP contribution in [0.15, 0.2) is 24.3 Å². The SMILES string of the molecule is CCCC(=O)NCCc1c2n(c3ccccc13)CCCC2. The summed E-state index contributed by atoms with van der Waals surface area (Å²) in [5.74, 6) is 0.176. The first-order valence-corrected chi connectivity index (χ1v) is 8.17. The molecule has 3 nitrogen and oxygen atoms in total. The van der Waals surface area contributed by atoms with Crippen LogP contribution in [0.4, 0.5) is 0 Å². The minimum atomic E-state index is 0.176. The third-order valence-electron chi connectivity index (χ3n) is 4.41. The molecule has 0 unspecified atom stereocenters. The fourth-order valence-electron chi connectivity index (χ4n) is 3.45. The van der Waals surface area contributed by atoms with Gasteiger partial charge in [0, 0.05) is 36.1 Å². The van der Waals surface area contributed by atoms with Gasteiger partial charge >= 0.3 is 0 Å². The fraction of sp³-hybridized carbons (Fsp3) is 0.500. The van der Waals surface area contributed by atoms with Gasteiger partial charge in [0.2, 0.25) is 5.91 Å². The lowest BCUT2D eigenvalue weighted by Crippen LogP contribution is -2.25. The van der Waals surface area contributed by atoms with Gasteiger partial charge in [-0.05, 0) is 43.7 Å². The predicted molar refractivity (Wildman–Crippen MR) is 86.5 cm³/mol. The van der Waals surface area contributed by atoms with E-state index in [4.69, 9.17) is 0 Å². The van der Waals surface area contributed by atoms with Gasteiger partial charge in [-0.2, -0.15) is 0 Å². The van der Waals surface area contributed by atoms with Gasteiger partial charge in [0.05, 0.1) is 0 Å². The zero-order valence-electron chi connectivity index (χ0n) is 12.8. The van der Waals surface area contributed by atoms with E-state index in [2.05, 4.69) is 34.1 Å². The van der Waals surface area contributed by atoms with Gasteiger partial charge in [-0.1, -0.05) is 25.1 Å². The van der Waals surface area contributed by atoms with Crippen LogP contribution in [0.3, 0.4) is 0 Å². The minimum Gasteiger partial charge on any atom is -0.356 e. The maximum Gasteiger partial charge on any atom is 0.219 e. The Balaban J connectivity index is 1.82. The van der Waals surface area contributed by atoms with Crippen LogP contribution in [0, 0.1) is 0 Å².